The van der Waals surface area contributed by atoms with Crippen LogP contribution in [0.25, 0.3) is 0 Å². The lowest BCUT2D eigenvalue weighted by molar-refractivity contribution is 0.183. The van der Waals surface area contributed by atoms with Crippen molar-refractivity contribution in [2.75, 3.05) is 37.7 Å². The number of benzene rings is 1. The van der Waals surface area contributed by atoms with Gasteiger partial charge in [-0.05, 0) is 61.2 Å². The lowest BCUT2D eigenvalue weighted by atomic mass is 9.87. The van der Waals surface area contributed by atoms with Crippen LogP contribution in [0.2, 0.25) is 0 Å². The lowest BCUT2D eigenvalue weighted by Crippen LogP contribution is -2.49. The molecule has 2 saturated heterocycles. The largest absolute Gasteiger partial charge is 0.302 e. The van der Waals surface area contributed by atoms with Gasteiger partial charge >= 0.3 is 0 Å². The van der Waals surface area contributed by atoms with E-state index in [1.165, 1.54) is 19.3 Å². The van der Waals surface area contributed by atoms with Crippen LogP contribution in [0, 0.1) is 0 Å². The Bertz CT molecular complexity index is 705. The smallest absolute Gasteiger partial charge is 0.243 e. The van der Waals surface area contributed by atoms with Gasteiger partial charge < -0.3 is 4.90 Å². The maximum atomic E-state index is 13.5. The Kier molecular flexibility index (Phi) is 6.93. The number of rotatable bonds is 4. The number of hydrogen-bond donors (Lipinski definition) is 0. The Morgan fingerprint density at radius 3 is 2.30 bits per heavy atom. The van der Waals surface area contributed by atoms with Crippen LogP contribution >= 0.6 is 11.8 Å². The van der Waals surface area contributed by atoms with Gasteiger partial charge in [-0.3, -0.25) is 0 Å². The first kappa shape index (κ1) is 21.2. The van der Waals surface area contributed by atoms with Gasteiger partial charge in [0.25, 0.3) is 0 Å². The van der Waals surface area contributed by atoms with Crippen molar-refractivity contribution in [2.24, 2.45) is 0 Å². The molecule has 2 aliphatic rings. The first-order valence-electron chi connectivity index (χ1n) is 10.2. The second-order valence-electron chi connectivity index (χ2n) is 8.83. The van der Waals surface area contributed by atoms with E-state index in [0.29, 0.717) is 11.4 Å². The summed E-state index contributed by atoms with van der Waals surface area (Å²) in [4.78, 5) is 2.90. The Balaban J connectivity index is 1.82. The van der Waals surface area contributed by atoms with Gasteiger partial charge in [0, 0.05) is 24.9 Å². The monoisotopic (exact) mass is 410 g/mol. The molecule has 4 nitrogen and oxygen atoms in total. The van der Waals surface area contributed by atoms with Crippen molar-refractivity contribution in [3.63, 3.8) is 0 Å². The maximum absolute atomic E-state index is 13.5. The highest BCUT2D eigenvalue weighted by Crippen LogP contribution is 2.28. The molecule has 0 aliphatic carbocycles. The zero-order valence-electron chi connectivity index (χ0n) is 17.0. The highest BCUT2D eigenvalue weighted by atomic mass is 32.2. The molecule has 0 aromatic heterocycles. The van der Waals surface area contributed by atoms with E-state index in [9.17, 15) is 8.42 Å². The fourth-order valence-corrected chi connectivity index (χ4v) is 6.78. The maximum Gasteiger partial charge on any atom is 0.243 e. The molecule has 27 heavy (non-hydrogen) atoms. The zero-order chi connectivity index (χ0) is 19.5. The molecule has 0 radical (unpaired) electrons. The molecule has 1 aromatic rings. The first-order chi connectivity index (χ1) is 12.8. The molecule has 152 valence electrons. The second-order valence-corrected chi connectivity index (χ2v) is 11.9. The van der Waals surface area contributed by atoms with Gasteiger partial charge in [-0.2, -0.15) is 16.1 Å². The minimum Gasteiger partial charge on any atom is -0.302 e. The van der Waals surface area contributed by atoms with Gasteiger partial charge in [0.1, 0.15) is 0 Å². The summed E-state index contributed by atoms with van der Waals surface area (Å²) in [5.41, 5.74) is 1.19. The molecule has 2 aliphatic heterocycles. The normalized spacial score (nSPS) is 23.9. The number of likely N-dealkylation sites (tertiary alicyclic amines) is 1. The molecule has 0 spiro atoms. The Hall–Kier alpha value is -0.560. The standard InChI is InChI=1S/C21H34N2O2S2/c1-21(2,3)18-8-10-20(11-9-18)27(24,25)23-14-7-15-26-17-19(23)16-22-12-5-4-6-13-22/h8-11,19H,4-7,12-17H2,1-3H3. The van der Waals surface area contributed by atoms with Crippen molar-refractivity contribution in [3.05, 3.63) is 29.8 Å². The summed E-state index contributed by atoms with van der Waals surface area (Å²) >= 11 is 1.90. The number of piperidine rings is 1. The number of hydrogen-bond acceptors (Lipinski definition) is 4. The van der Waals surface area contributed by atoms with Crippen LogP contribution in [0.4, 0.5) is 0 Å². The SMILES string of the molecule is CC(C)(C)c1ccc(S(=O)(=O)N2CCCSCC2CN2CCCCC2)cc1. The van der Waals surface area contributed by atoms with Crippen LogP contribution in [0.1, 0.15) is 52.0 Å². The van der Waals surface area contributed by atoms with Crippen molar-refractivity contribution in [1.82, 2.24) is 9.21 Å². The van der Waals surface area contributed by atoms with Crippen LogP contribution in [0.5, 0.6) is 0 Å². The fraction of sp³-hybridized carbons (Fsp3) is 0.714. The summed E-state index contributed by atoms with van der Waals surface area (Å²) in [6.07, 6.45) is 4.71. The Morgan fingerprint density at radius 1 is 1.00 bits per heavy atom. The highest BCUT2D eigenvalue weighted by Gasteiger charge is 2.34. The van der Waals surface area contributed by atoms with E-state index in [1.54, 1.807) is 16.4 Å². The first-order valence-corrected chi connectivity index (χ1v) is 12.8. The third-order valence-electron chi connectivity index (χ3n) is 5.63. The van der Waals surface area contributed by atoms with Crippen LogP contribution in [-0.2, 0) is 15.4 Å². The summed E-state index contributed by atoms with van der Waals surface area (Å²) < 4.78 is 28.7. The molecule has 3 rings (SSSR count). The van der Waals surface area contributed by atoms with Gasteiger partial charge in [-0.15, -0.1) is 0 Å². The molecule has 0 N–H and O–H groups in total. The van der Waals surface area contributed by atoms with Crippen molar-refractivity contribution in [1.29, 1.82) is 0 Å². The summed E-state index contributed by atoms with van der Waals surface area (Å²) in [6, 6.07) is 7.61. The van der Waals surface area contributed by atoms with Gasteiger partial charge in [-0.25, -0.2) is 8.42 Å². The number of thioether (sulfide) groups is 1. The third kappa shape index (κ3) is 5.28. The predicted octanol–water partition coefficient (Wildman–Crippen LogP) is 3.97. The molecular weight excluding hydrogens is 376 g/mol. The van der Waals surface area contributed by atoms with E-state index in [4.69, 9.17) is 0 Å². The van der Waals surface area contributed by atoms with E-state index in [2.05, 4.69) is 25.7 Å². The average Bonchev–Trinajstić information content (AvgIpc) is 2.88. The fourth-order valence-electron chi connectivity index (χ4n) is 3.97. The molecule has 0 bridgehead atoms. The zero-order valence-corrected chi connectivity index (χ0v) is 18.6. The van der Waals surface area contributed by atoms with Gasteiger partial charge in [0.2, 0.25) is 10.0 Å². The Morgan fingerprint density at radius 2 is 1.67 bits per heavy atom. The molecule has 6 heteroatoms. The average molecular weight is 411 g/mol. The molecule has 2 heterocycles. The van der Waals surface area contributed by atoms with E-state index in [1.807, 2.05) is 23.9 Å². The molecule has 1 atom stereocenters. The van der Waals surface area contributed by atoms with E-state index >= 15 is 0 Å². The topological polar surface area (TPSA) is 40.6 Å². The van der Waals surface area contributed by atoms with E-state index in [0.717, 1.165) is 43.1 Å². The molecule has 1 unspecified atom stereocenters. The number of nitrogens with zero attached hydrogens (tertiary/aromatic N) is 2. The minimum atomic E-state index is -3.45. The molecule has 1 aromatic carbocycles. The third-order valence-corrected chi connectivity index (χ3v) is 8.79. The summed E-state index contributed by atoms with van der Waals surface area (Å²) in [5.74, 6) is 1.95. The van der Waals surface area contributed by atoms with Crippen LogP contribution < -0.4 is 0 Å². The van der Waals surface area contributed by atoms with Gasteiger partial charge in [0.05, 0.1) is 4.90 Å². The quantitative estimate of drug-likeness (QED) is 0.753. The van der Waals surface area contributed by atoms with Gasteiger partial charge in [0.15, 0.2) is 0 Å². The predicted molar refractivity (Wildman–Crippen MR) is 115 cm³/mol. The minimum absolute atomic E-state index is 0.0261. The van der Waals surface area contributed by atoms with E-state index < -0.39 is 10.0 Å². The highest BCUT2D eigenvalue weighted by molar-refractivity contribution is 7.99. The molecule has 0 amide bonds. The summed E-state index contributed by atoms with van der Waals surface area (Å²) in [7, 11) is -3.45. The van der Waals surface area contributed by atoms with Gasteiger partial charge in [-0.1, -0.05) is 39.3 Å². The van der Waals surface area contributed by atoms with Crippen molar-refractivity contribution in [2.45, 2.75) is 62.8 Å². The van der Waals surface area contributed by atoms with Crippen LogP contribution in [-0.4, -0.2) is 61.3 Å². The molecule has 0 saturated carbocycles. The molecular formula is C21H34N2O2S2. The lowest BCUT2D eigenvalue weighted by Gasteiger charge is -2.35. The molecule has 2 fully saturated rings. The Labute approximate surface area is 169 Å². The van der Waals surface area contributed by atoms with Crippen molar-refractivity contribution in [3.8, 4) is 0 Å². The summed E-state index contributed by atoms with van der Waals surface area (Å²) in [5, 5.41) is 0. The number of sulfonamides is 1. The van der Waals surface area contributed by atoms with Crippen LogP contribution in [0.15, 0.2) is 29.2 Å². The van der Waals surface area contributed by atoms with Crippen molar-refractivity contribution < 1.29 is 8.42 Å². The second kappa shape index (κ2) is 8.85. The van der Waals surface area contributed by atoms with E-state index in [-0.39, 0.29) is 11.5 Å². The van der Waals surface area contributed by atoms with Crippen molar-refractivity contribution >= 4 is 21.8 Å². The van der Waals surface area contributed by atoms with Crippen LogP contribution in [0.3, 0.4) is 0 Å². The summed E-state index contributed by atoms with van der Waals surface area (Å²) in [6.45, 7) is 10.2.